The van der Waals surface area contributed by atoms with Gasteiger partial charge in [-0.05, 0) is 18.6 Å². The van der Waals surface area contributed by atoms with E-state index in [0.717, 1.165) is 0 Å². The second-order valence-corrected chi connectivity index (χ2v) is 6.75. The maximum absolute atomic E-state index is 14.5. The van der Waals surface area contributed by atoms with Gasteiger partial charge in [-0.2, -0.15) is 0 Å². The van der Waals surface area contributed by atoms with Crippen molar-refractivity contribution in [3.8, 4) is 0 Å². The van der Waals surface area contributed by atoms with Gasteiger partial charge in [0, 0.05) is 0 Å². The highest BCUT2D eigenvalue weighted by atomic mass is 32.2. The number of thioether (sulfide) groups is 1. The lowest BCUT2D eigenvalue weighted by atomic mass is 10.1. The fourth-order valence-corrected chi connectivity index (χ4v) is 3.62. The number of hydrogen-bond acceptors (Lipinski definition) is 8. The zero-order chi connectivity index (χ0) is 18.1. The Morgan fingerprint density at radius 2 is 2.32 bits per heavy atom. The molecule has 1 aromatic rings. The van der Waals surface area contributed by atoms with Crippen LogP contribution in [-0.4, -0.2) is 62.7 Å². The monoisotopic (exact) mass is 371 g/mol. The summed E-state index contributed by atoms with van der Waals surface area (Å²) in [6.07, 6.45) is -0.0936. The molecule has 0 radical (unpaired) electrons. The quantitative estimate of drug-likeness (QED) is 0.656. The SMILES string of the molecule is CSC1=Nc2c(ncn2[C@@H]2O[C@H](CO)[C@@H](O)[C@@H]2F)C(N)=CCC1C[O-]. The fourth-order valence-electron chi connectivity index (χ4n) is 2.95. The summed E-state index contributed by atoms with van der Waals surface area (Å²) in [5.41, 5.74) is 6.75. The van der Waals surface area contributed by atoms with E-state index < -0.39 is 31.2 Å². The van der Waals surface area contributed by atoms with Gasteiger partial charge < -0.3 is 25.8 Å². The molecule has 10 heteroatoms. The van der Waals surface area contributed by atoms with Gasteiger partial charge in [0.15, 0.2) is 18.2 Å². The first-order chi connectivity index (χ1) is 12.0. The molecule has 0 amide bonds. The average Bonchev–Trinajstić information content (AvgIpc) is 3.14. The van der Waals surface area contributed by atoms with Crippen molar-refractivity contribution in [2.75, 3.05) is 19.5 Å². The lowest BCUT2D eigenvalue weighted by Gasteiger charge is -2.23. The molecule has 1 aromatic heterocycles. The Morgan fingerprint density at radius 1 is 1.56 bits per heavy atom. The van der Waals surface area contributed by atoms with Crippen LogP contribution in [0.1, 0.15) is 18.3 Å². The van der Waals surface area contributed by atoms with Crippen LogP contribution in [0.15, 0.2) is 17.4 Å². The maximum Gasteiger partial charge on any atom is 0.173 e. The van der Waals surface area contributed by atoms with E-state index in [9.17, 15) is 19.7 Å². The lowest BCUT2D eigenvalue weighted by molar-refractivity contribution is -0.373. The van der Waals surface area contributed by atoms with Crippen LogP contribution in [0.2, 0.25) is 0 Å². The van der Waals surface area contributed by atoms with E-state index in [-0.39, 0.29) is 18.3 Å². The summed E-state index contributed by atoms with van der Waals surface area (Å²) in [4.78, 5) is 8.70. The van der Waals surface area contributed by atoms with Gasteiger partial charge in [0.1, 0.15) is 17.9 Å². The molecule has 1 fully saturated rings. The minimum absolute atomic E-state index is 0.273. The van der Waals surface area contributed by atoms with E-state index in [2.05, 4.69) is 9.98 Å². The molecule has 138 valence electrons. The van der Waals surface area contributed by atoms with Gasteiger partial charge in [0.25, 0.3) is 0 Å². The molecular formula is C15H20FN4O4S-. The number of imidazole rings is 1. The number of fused-ring (bicyclic) bond motifs is 1. The van der Waals surface area contributed by atoms with Gasteiger partial charge in [-0.15, -0.1) is 18.4 Å². The Balaban J connectivity index is 2.07. The zero-order valence-corrected chi connectivity index (χ0v) is 14.4. The predicted octanol–water partition coefficient (Wildman–Crippen LogP) is -0.455. The average molecular weight is 371 g/mol. The Hall–Kier alpha value is -1.46. The summed E-state index contributed by atoms with van der Waals surface area (Å²) in [5.74, 6) is -0.0545. The van der Waals surface area contributed by atoms with Gasteiger partial charge >= 0.3 is 0 Å². The van der Waals surface area contributed by atoms with Crippen LogP contribution >= 0.6 is 11.8 Å². The first-order valence-corrected chi connectivity index (χ1v) is 9.06. The summed E-state index contributed by atoms with van der Waals surface area (Å²) in [6, 6.07) is 0. The Labute approximate surface area is 148 Å². The van der Waals surface area contributed by atoms with Crippen LogP contribution in [0.25, 0.3) is 5.70 Å². The van der Waals surface area contributed by atoms with Gasteiger partial charge in [-0.3, -0.25) is 4.57 Å². The van der Waals surface area contributed by atoms with E-state index in [1.807, 2.05) is 6.26 Å². The molecule has 2 aliphatic rings. The Bertz CT molecular complexity index is 695. The molecule has 2 aliphatic heterocycles. The summed E-state index contributed by atoms with van der Waals surface area (Å²) < 4.78 is 21.2. The number of rotatable bonds is 3. The van der Waals surface area contributed by atoms with Crippen LogP contribution < -0.4 is 10.8 Å². The molecule has 8 nitrogen and oxygen atoms in total. The normalized spacial score (nSPS) is 32.6. The molecule has 25 heavy (non-hydrogen) atoms. The van der Waals surface area contributed by atoms with Crippen LogP contribution in [0, 0.1) is 5.92 Å². The highest BCUT2D eigenvalue weighted by molar-refractivity contribution is 8.13. The molecule has 4 N–H and O–H groups in total. The molecule has 0 bridgehead atoms. The molecule has 5 atom stereocenters. The highest BCUT2D eigenvalue weighted by Crippen LogP contribution is 2.38. The molecule has 0 saturated carbocycles. The van der Waals surface area contributed by atoms with Crippen molar-refractivity contribution in [1.82, 2.24) is 9.55 Å². The molecule has 0 spiro atoms. The van der Waals surface area contributed by atoms with E-state index in [0.29, 0.717) is 22.9 Å². The summed E-state index contributed by atoms with van der Waals surface area (Å²) in [5, 5.41) is 31.1. The number of aliphatic hydroxyl groups is 2. The zero-order valence-electron chi connectivity index (χ0n) is 13.6. The number of nitrogens with zero attached hydrogens (tertiary/aromatic N) is 3. The van der Waals surface area contributed by atoms with Crippen LogP contribution in [0.5, 0.6) is 0 Å². The van der Waals surface area contributed by atoms with Crippen molar-refractivity contribution < 1.29 is 24.4 Å². The van der Waals surface area contributed by atoms with Crippen LogP contribution in [-0.2, 0) is 4.74 Å². The number of aromatic nitrogens is 2. The fraction of sp³-hybridized carbons (Fsp3) is 0.600. The van der Waals surface area contributed by atoms with Crippen molar-refractivity contribution in [1.29, 1.82) is 0 Å². The third kappa shape index (κ3) is 3.20. The van der Waals surface area contributed by atoms with Gasteiger partial charge in [0.2, 0.25) is 0 Å². The third-order valence-electron chi connectivity index (χ3n) is 4.39. The van der Waals surface area contributed by atoms with E-state index >= 15 is 0 Å². The molecule has 0 aliphatic carbocycles. The predicted molar refractivity (Wildman–Crippen MR) is 89.9 cm³/mol. The summed E-state index contributed by atoms with van der Waals surface area (Å²) >= 11 is 1.34. The molecule has 1 unspecified atom stereocenters. The number of hydrogen-bond donors (Lipinski definition) is 3. The van der Waals surface area contributed by atoms with E-state index in [1.165, 1.54) is 22.7 Å². The minimum Gasteiger partial charge on any atom is -0.854 e. The van der Waals surface area contributed by atoms with Crippen molar-refractivity contribution in [2.24, 2.45) is 16.6 Å². The maximum atomic E-state index is 14.5. The molecule has 3 rings (SSSR count). The summed E-state index contributed by atoms with van der Waals surface area (Å²) in [6.45, 7) is -0.849. The Morgan fingerprint density at radius 3 is 2.92 bits per heavy atom. The first-order valence-electron chi connectivity index (χ1n) is 7.83. The number of aliphatic hydroxyl groups excluding tert-OH is 2. The third-order valence-corrected chi connectivity index (χ3v) is 5.23. The second kappa shape index (κ2) is 7.42. The van der Waals surface area contributed by atoms with Crippen molar-refractivity contribution >= 4 is 28.3 Å². The highest BCUT2D eigenvalue weighted by Gasteiger charge is 2.45. The van der Waals surface area contributed by atoms with Crippen LogP contribution in [0.3, 0.4) is 0 Å². The number of allylic oxidation sites excluding steroid dienone is 1. The minimum atomic E-state index is -1.76. The number of aliphatic imine (C=N–C) groups is 1. The number of halogens is 1. The van der Waals surface area contributed by atoms with Gasteiger partial charge in [0.05, 0.1) is 23.7 Å². The van der Waals surface area contributed by atoms with E-state index in [4.69, 9.17) is 10.5 Å². The second-order valence-electron chi connectivity index (χ2n) is 5.92. The number of alkyl halides is 1. The van der Waals surface area contributed by atoms with Crippen LogP contribution in [0.4, 0.5) is 10.2 Å². The molecule has 3 heterocycles. The molecular weight excluding hydrogens is 351 g/mol. The largest absolute Gasteiger partial charge is 0.854 e. The first kappa shape index (κ1) is 18.3. The summed E-state index contributed by atoms with van der Waals surface area (Å²) in [7, 11) is 0. The van der Waals surface area contributed by atoms with Crippen molar-refractivity contribution in [3.05, 3.63) is 18.1 Å². The Kier molecular flexibility index (Phi) is 5.44. The number of nitrogens with two attached hydrogens (primary N) is 1. The number of ether oxygens (including phenoxy) is 1. The van der Waals surface area contributed by atoms with E-state index in [1.54, 1.807) is 6.08 Å². The topological polar surface area (TPSA) is 129 Å². The van der Waals surface area contributed by atoms with Gasteiger partial charge in [-0.25, -0.2) is 14.4 Å². The smallest absolute Gasteiger partial charge is 0.173 e. The molecule has 1 saturated heterocycles. The molecule has 0 aromatic carbocycles. The van der Waals surface area contributed by atoms with Gasteiger partial charge in [-0.1, -0.05) is 6.08 Å². The lowest BCUT2D eigenvalue weighted by Crippen LogP contribution is -2.30. The van der Waals surface area contributed by atoms with Crippen molar-refractivity contribution in [3.63, 3.8) is 0 Å². The standard InChI is InChI=1S/C15H20FN4O4S/c1-25-14-7(4-21)2-3-8(17)11-13(19-14)20(6-18-11)15-10(16)12(23)9(5-22)24-15/h3,6-7,9-10,12,15,22-23H,2,4-5,17H2,1H3/q-1/t7?,9-,10+,12-,15-/m1/s1. The van der Waals surface area contributed by atoms with Crippen molar-refractivity contribution in [2.45, 2.75) is 31.0 Å².